The van der Waals surface area contributed by atoms with E-state index >= 15 is 0 Å². The van der Waals surface area contributed by atoms with Gasteiger partial charge in [0.2, 0.25) is 10.0 Å². The SMILES string of the molecule is COc1ccc(S(=O)(=O)NCC2=CCNCC2)c(Br)c1. The molecule has 1 aromatic carbocycles. The van der Waals surface area contributed by atoms with Crippen LogP contribution < -0.4 is 14.8 Å². The Hall–Kier alpha value is -0.890. The summed E-state index contributed by atoms with van der Waals surface area (Å²) in [5, 5.41) is 3.19. The number of hydrogen-bond donors (Lipinski definition) is 2. The highest BCUT2D eigenvalue weighted by Crippen LogP contribution is 2.26. The molecule has 110 valence electrons. The first-order valence-corrected chi connectivity index (χ1v) is 8.52. The topological polar surface area (TPSA) is 67.4 Å². The summed E-state index contributed by atoms with van der Waals surface area (Å²) in [6, 6.07) is 4.80. The van der Waals surface area contributed by atoms with Crippen LogP contribution in [-0.4, -0.2) is 35.2 Å². The van der Waals surface area contributed by atoms with Crippen molar-refractivity contribution in [3.8, 4) is 5.75 Å². The molecule has 0 bridgehead atoms. The fourth-order valence-corrected chi connectivity index (χ4v) is 4.01. The third-order valence-electron chi connectivity index (χ3n) is 3.08. The van der Waals surface area contributed by atoms with Gasteiger partial charge in [0.15, 0.2) is 0 Å². The monoisotopic (exact) mass is 360 g/mol. The van der Waals surface area contributed by atoms with Crippen molar-refractivity contribution in [2.24, 2.45) is 0 Å². The second-order valence-electron chi connectivity index (χ2n) is 4.44. The average Bonchev–Trinajstić information content (AvgIpc) is 2.46. The van der Waals surface area contributed by atoms with Crippen LogP contribution in [0.5, 0.6) is 5.75 Å². The zero-order chi connectivity index (χ0) is 14.6. The van der Waals surface area contributed by atoms with Crippen LogP contribution >= 0.6 is 15.9 Å². The van der Waals surface area contributed by atoms with E-state index in [9.17, 15) is 8.42 Å². The highest BCUT2D eigenvalue weighted by molar-refractivity contribution is 9.10. The summed E-state index contributed by atoms with van der Waals surface area (Å²) in [6.45, 7) is 2.03. The van der Waals surface area contributed by atoms with E-state index in [1.165, 1.54) is 13.2 Å². The molecule has 0 fully saturated rings. The van der Waals surface area contributed by atoms with Crippen LogP contribution in [0.4, 0.5) is 0 Å². The van der Waals surface area contributed by atoms with Crippen molar-refractivity contribution in [1.29, 1.82) is 0 Å². The van der Waals surface area contributed by atoms with Crippen molar-refractivity contribution in [1.82, 2.24) is 10.0 Å². The molecule has 0 unspecified atom stereocenters. The van der Waals surface area contributed by atoms with Crippen LogP contribution in [0, 0.1) is 0 Å². The summed E-state index contributed by atoms with van der Waals surface area (Å²) in [4.78, 5) is 0.216. The second-order valence-corrected chi connectivity index (χ2v) is 7.03. The van der Waals surface area contributed by atoms with Crippen LogP contribution in [0.3, 0.4) is 0 Å². The smallest absolute Gasteiger partial charge is 0.241 e. The maximum absolute atomic E-state index is 12.3. The van der Waals surface area contributed by atoms with Crippen molar-refractivity contribution in [3.63, 3.8) is 0 Å². The Morgan fingerprint density at radius 2 is 2.25 bits per heavy atom. The lowest BCUT2D eigenvalue weighted by Crippen LogP contribution is -2.29. The van der Waals surface area contributed by atoms with Gasteiger partial charge < -0.3 is 10.1 Å². The molecule has 5 nitrogen and oxygen atoms in total. The van der Waals surface area contributed by atoms with Crippen molar-refractivity contribution in [3.05, 3.63) is 34.3 Å². The van der Waals surface area contributed by atoms with E-state index in [-0.39, 0.29) is 4.90 Å². The summed E-state index contributed by atoms with van der Waals surface area (Å²) in [7, 11) is -1.99. The molecule has 1 aliphatic heterocycles. The van der Waals surface area contributed by atoms with Crippen molar-refractivity contribution in [2.45, 2.75) is 11.3 Å². The van der Waals surface area contributed by atoms with Gasteiger partial charge in [-0.2, -0.15) is 0 Å². The molecule has 0 spiro atoms. The van der Waals surface area contributed by atoms with Gasteiger partial charge in [0.05, 0.1) is 12.0 Å². The Bertz CT molecular complexity index is 614. The van der Waals surface area contributed by atoms with Gasteiger partial charge in [-0.15, -0.1) is 0 Å². The van der Waals surface area contributed by atoms with E-state index < -0.39 is 10.0 Å². The first-order valence-electron chi connectivity index (χ1n) is 6.25. The summed E-state index contributed by atoms with van der Waals surface area (Å²) >= 11 is 3.27. The highest BCUT2D eigenvalue weighted by atomic mass is 79.9. The lowest BCUT2D eigenvalue weighted by atomic mass is 10.1. The van der Waals surface area contributed by atoms with Crippen molar-refractivity contribution in [2.75, 3.05) is 26.7 Å². The number of benzene rings is 1. The molecule has 0 atom stereocenters. The first kappa shape index (κ1) is 15.5. The molecule has 1 heterocycles. The molecule has 0 aliphatic carbocycles. The molecule has 0 saturated heterocycles. The minimum Gasteiger partial charge on any atom is -0.497 e. The molecule has 0 amide bonds. The molecular weight excluding hydrogens is 344 g/mol. The van der Waals surface area contributed by atoms with Gasteiger partial charge in [-0.1, -0.05) is 11.6 Å². The van der Waals surface area contributed by atoms with Gasteiger partial charge in [-0.3, -0.25) is 0 Å². The second kappa shape index (κ2) is 6.71. The van der Waals surface area contributed by atoms with Crippen LogP contribution in [0.15, 0.2) is 39.2 Å². The molecule has 0 aromatic heterocycles. The van der Waals surface area contributed by atoms with E-state index in [1.807, 2.05) is 6.08 Å². The number of sulfonamides is 1. The lowest BCUT2D eigenvalue weighted by Gasteiger charge is -2.15. The van der Waals surface area contributed by atoms with Gasteiger partial charge in [-0.25, -0.2) is 13.1 Å². The first-order chi connectivity index (χ1) is 9.53. The summed E-state index contributed by atoms with van der Waals surface area (Å²) in [5.41, 5.74) is 1.11. The summed E-state index contributed by atoms with van der Waals surface area (Å²) < 4.78 is 32.7. The third-order valence-corrected chi connectivity index (χ3v) is 5.45. The Kier molecular flexibility index (Phi) is 5.20. The summed E-state index contributed by atoms with van der Waals surface area (Å²) in [5.74, 6) is 0.608. The van der Waals surface area contributed by atoms with Gasteiger partial charge >= 0.3 is 0 Å². The lowest BCUT2D eigenvalue weighted by molar-refractivity contribution is 0.414. The fourth-order valence-electron chi connectivity index (χ4n) is 1.92. The standard InChI is InChI=1S/C13H17BrN2O3S/c1-19-11-2-3-13(12(14)8-11)20(17,18)16-9-10-4-6-15-7-5-10/h2-4,8,15-16H,5-7,9H2,1H3. The predicted octanol–water partition coefficient (Wildman–Crippen LogP) is 1.66. The van der Waals surface area contributed by atoms with E-state index in [0.29, 0.717) is 16.8 Å². The highest BCUT2D eigenvalue weighted by Gasteiger charge is 2.18. The quantitative estimate of drug-likeness (QED) is 0.783. The molecule has 2 rings (SSSR count). The minimum atomic E-state index is -3.53. The molecule has 1 aromatic rings. The van der Waals surface area contributed by atoms with Crippen LogP contribution in [0.25, 0.3) is 0 Å². The maximum atomic E-state index is 12.3. The molecule has 2 N–H and O–H groups in total. The zero-order valence-electron chi connectivity index (χ0n) is 11.1. The Balaban J connectivity index is 2.11. The summed E-state index contributed by atoms with van der Waals surface area (Å²) in [6.07, 6.45) is 2.89. The predicted molar refractivity (Wildman–Crippen MR) is 81.5 cm³/mol. The number of ether oxygens (including phenoxy) is 1. The normalized spacial score (nSPS) is 15.8. The zero-order valence-corrected chi connectivity index (χ0v) is 13.6. The van der Waals surface area contributed by atoms with Crippen molar-refractivity contribution >= 4 is 26.0 Å². The van der Waals surface area contributed by atoms with Gasteiger partial charge in [0.25, 0.3) is 0 Å². The third kappa shape index (κ3) is 3.82. The number of nitrogens with one attached hydrogen (secondary N) is 2. The molecule has 1 aliphatic rings. The van der Waals surface area contributed by atoms with Crippen LogP contribution in [0.2, 0.25) is 0 Å². The van der Waals surface area contributed by atoms with E-state index in [1.54, 1.807) is 12.1 Å². The van der Waals surface area contributed by atoms with E-state index in [0.717, 1.165) is 25.1 Å². The van der Waals surface area contributed by atoms with Crippen LogP contribution in [0.1, 0.15) is 6.42 Å². The van der Waals surface area contributed by atoms with Gasteiger partial charge in [0.1, 0.15) is 5.75 Å². The Morgan fingerprint density at radius 1 is 1.45 bits per heavy atom. The Labute approximate surface area is 127 Å². The van der Waals surface area contributed by atoms with Crippen LogP contribution in [-0.2, 0) is 10.0 Å². The number of rotatable bonds is 5. The minimum absolute atomic E-state index is 0.216. The Morgan fingerprint density at radius 3 is 2.85 bits per heavy atom. The maximum Gasteiger partial charge on any atom is 0.241 e. The molecule has 0 saturated carbocycles. The number of hydrogen-bond acceptors (Lipinski definition) is 4. The van der Waals surface area contributed by atoms with Gasteiger partial charge in [0, 0.05) is 17.6 Å². The fraction of sp³-hybridized carbons (Fsp3) is 0.385. The molecule has 7 heteroatoms. The number of halogens is 1. The van der Waals surface area contributed by atoms with E-state index in [2.05, 4.69) is 26.0 Å². The molecule has 20 heavy (non-hydrogen) atoms. The molecular formula is C13H17BrN2O3S. The average molecular weight is 361 g/mol. The van der Waals surface area contributed by atoms with Gasteiger partial charge in [-0.05, 0) is 47.1 Å². The molecule has 0 radical (unpaired) electrons. The van der Waals surface area contributed by atoms with Crippen molar-refractivity contribution < 1.29 is 13.2 Å². The van der Waals surface area contributed by atoms with E-state index in [4.69, 9.17) is 4.74 Å². The largest absolute Gasteiger partial charge is 0.497 e. The number of methoxy groups -OCH3 is 1.